The molecule has 2 aliphatic heterocycles. The van der Waals surface area contributed by atoms with E-state index in [0.29, 0.717) is 31.9 Å². The summed E-state index contributed by atoms with van der Waals surface area (Å²) in [6.07, 6.45) is 0.160. The molecule has 1 N–H and O–H groups in total. The van der Waals surface area contributed by atoms with Crippen molar-refractivity contribution in [2.75, 3.05) is 31.1 Å². The average Bonchev–Trinajstić information content (AvgIpc) is 3.03. The Morgan fingerprint density at radius 1 is 0.900 bits per heavy atom. The molecule has 0 saturated carbocycles. The topological polar surface area (TPSA) is 79.2 Å². The third-order valence-electron chi connectivity index (χ3n) is 6.05. The lowest BCUT2D eigenvalue weighted by Gasteiger charge is -2.33. The van der Waals surface area contributed by atoms with Crippen LogP contribution < -0.4 is 9.80 Å². The Hall–Kier alpha value is -2.55. The Morgan fingerprint density at radius 3 is 2.10 bits per heavy atom. The molecule has 2 aliphatic rings. The number of nitrogens with one attached hydrogen (secondary N) is 1. The summed E-state index contributed by atoms with van der Waals surface area (Å²) in [7, 11) is -3.54. The van der Waals surface area contributed by atoms with Gasteiger partial charge in [0.25, 0.3) is 5.91 Å². The van der Waals surface area contributed by atoms with E-state index in [1.807, 2.05) is 32.0 Å². The number of sulfonamides is 1. The van der Waals surface area contributed by atoms with Gasteiger partial charge in [0.2, 0.25) is 15.9 Å². The molecular formula is C22H26N3O4S+. The number of para-hydroxylation sites is 1. The fourth-order valence-electron chi connectivity index (χ4n) is 4.45. The van der Waals surface area contributed by atoms with Crippen molar-refractivity contribution in [3.63, 3.8) is 0 Å². The summed E-state index contributed by atoms with van der Waals surface area (Å²) >= 11 is 0. The summed E-state index contributed by atoms with van der Waals surface area (Å²) in [5.41, 5.74) is 2.47. The Morgan fingerprint density at radius 2 is 1.50 bits per heavy atom. The normalized spacial score (nSPS) is 21.4. The van der Waals surface area contributed by atoms with Crippen molar-refractivity contribution in [3.05, 3.63) is 59.7 Å². The van der Waals surface area contributed by atoms with Gasteiger partial charge in [-0.25, -0.2) is 13.3 Å². The number of rotatable bonds is 4. The van der Waals surface area contributed by atoms with E-state index in [9.17, 15) is 18.0 Å². The van der Waals surface area contributed by atoms with Gasteiger partial charge in [-0.05, 0) is 37.1 Å². The number of imide groups is 1. The van der Waals surface area contributed by atoms with Crippen LogP contribution in [0.4, 0.5) is 5.69 Å². The van der Waals surface area contributed by atoms with E-state index in [-0.39, 0.29) is 23.1 Å². The number of amides is 2. The lowest BCUT2D eigenvalue weighted by atomic mass is 10.1. The number of carbonyl (C=O) groups is 2. The second-order valence-corrected chi connectivity index (χ2v) is 9.88. The lowest BCUT2D eigenvalue weighted by Crippen LogP contribution is -3.19. The Labute approximate surface area is 176 Å². The number of anilines is 1. The maximum absolute atomic E-state index is 13.2. The molecule has 0 spiro atoms. The van der Waals surface area contributed by atoms with Gasteiger partial charge in [-0.2, -0.15) is 4.31 Å². The molecule has 0 aromatic heterocycles. The lowest BCUT2D eigenvalue weighted by molar-refractivity contribution is -0.918. The molecule has 0 bridgehead atoms. The maximum Gasteiger partial charge on any atom is 0.292 e. The van der Waals surface area contributed by atoms with Crippen LogP contribution in [0, 0.1) is 13.8 Å². The number of piperazine rings is 1. The number of benzene rings is 2. The van der Waals surface area contributed by atoms with Gasteiger partial charge < -0.3 is 4.90 Å². The van der Waals surface area contributed by atoms with Crippen LogP contribution in [0.5, 0.6) is 0 Å². The second kappa shape index (κ2) is 7.94. The second-order valence-electron chi connectivity index (χ2n) is 7.94. The maximum atomic E-state index is 13.2. The molecule has 0 radical (unpaired) electrons. The van der Waals surface area contributed by atoms with Gasteiger partial charge in [-0.3, -0.25) is 9.59 Å². The first-order valence-corrected chi connectivity index (χ1v) is 11.6. The molecule has 2 heterocycles. The van der Waals surface area contributed by atoms with Crippen LogP contribution in [0.15, 0.2) is 53.4 Å². The number of hydrogen-bond acceptors (Lipinski definition) is 4. The highest BCUT2D eigenvalue weighted by molar-refractivity contribution is 7.89. The number of carbonyl (C=O) groups excluding carboxylic acids is 2. The van der Waals surface area contributed by atoms with Crippen molar-refractivity contribution >= 4 is 27.5 Å². The van der Waals surface area contributed by atoms with Crippen molar-refractivity contribution in [2.45, 2.75) is 31.2 Å². The van der Waals surface area contributed by atoms with E-state index in [1.165, 1.54) is 9.21 Å². The van der Waals surface area contributed by atoms with Crippen LogP contribution in [-0.2, 0) is 19.6 Å². The molecule has 2 amide bonds. The Balaban J connectivity index is 1.48. The summed E-state index contributed by atoms with van der Waals surface area (Å²) in [6, 6.07) is 13.6. The molecule has 7 nitrogen and oxygen atoms in total. The van der Waals surface area contributed by atoms with E-state index < -0.39 is 16.1 Å². The minimum atomic E-state index is -3.54. The Kier molecular flexibility index (Phi) is 5.48. The summed E-state index contributed by atoms with van der Waals surface area (Å²) < 4.78 is 27.1. The molecule has 0 unspecified atom stereocenters. The predicted molar refractivity (Wildman–Crippen MR) is 113 cm³/mol. The standard InChI is InChI=1S/C22H25N3O4S/c1-16-7-6-8-17(2)21(16)25-20(26)15-19(22(25)27)23-11-13-24(14-12-23)30(28,29)18-9-4-3-5-10-18/h3-10,19H,11-15H2,1-2H3/p+1/t19-/m0/s1. The van der Waals surface area contributed by atoms with Gasteiger partial charge in [-0.1, -0.05) is 36.4 Å². The highest BCUT2D eigenvalue weighted by atomic mass is 32.2. The third-order valence-corrected chi connectivity index (χ3v) is 7.96. The van der Waals surface area contributed by atoms with Crippen molar-refractivity contribution in [1.82, 2.24) is 4.31 Å². The van der Waals surface area contributed by atoms with Crippen LogP contribution in [0.2, 0.25) is 0 Å². The molecule has 158 valence electrons. The molecule has 0 aliphatic carbocycles. The quantitative estimate of drug-likeness (QED) is 0.721. The summed E-state index contributed by atoms with van der Waals surface area (Å²) in [6.45, 7) is 5.45. The average molecular weight is 429 g/mol. The SMILES string of the molecule is Cc1cccc(C)c1N1C(=O)C[C@H]([NH+]2CCN(S(=O)(=O)c3ccccc3)CC2)C1=O. The van der Waals surface area contributed by atoms with E-state index in [2.05, 4.69) is 0 Å². The molecule has 8 heteroatoms. The van der Waals surface area contributed by atoms with Crippen LogP contribution in [-0.4, -0.2) is 56.8 Å². The number of hydrogen-bond donors (Lipinski definition) is 1. The minimum absolute atomic E-state index is 0.160. The van der Waals surface area contributed by atoms with Crippen LogP contribution in [0.1, 0.15) is 17.5 Å². The van der Waals surface area contributed by atoms with Crippen LogP contribution >= 0.6 is 0 Å². The predicted octanol–water partition coefficient (Wildman–Crippen LogP) is 0.525. The van der Waals surface area contributed by atoms with E-state index >= 15 is 0 Å². The molecule has 4 rings (SSSR count). The molecule has 1 atom stereocenters. The molecule has 2 aromatic carbocycles. The molecule has 30 heavy (non-hydrogen) atoms. The van der Waals surface area contributed by atoms with Gasteiger partial charge in [0.1, 0.15) is 0 Å². The number of aryl methyl sites for hydroxylation is 2. The Bertz CT molecular complexity index is 1060. The van der Waals surface area contributed by atoms with E-state index in [0.717, 1.165) is 16.0 Å². The first-order valence-electron chi connectivity index (χ1n) is 10.1. The number of nitrogens with zero attached hydrogens (tertiary/aromatic N) is 2. The molecule has 2 aromatic rings. The smallest absolute Gasteiger partial charge is 0.292 e. The van der Waals surface area contributed by atoms with Crippen molar-refractivity contribution in [1.29, 1.82) is 0 Å². The van der Waals surface area contributed by atoms with Crippen LogP contribution in [0.3, 0.4) is 0 Å². The van der Waals surface area contributed by atoms with Gasteiger partial charge in [0, 0.05) is 0 Å². The summed E-state index contributed by atoms with van der Waals surface area (Å²) in [5, 5.41) is 0. The fourth-order valence-corrected chi connectivity index (χ4v) is 5.91. The number of quaternary nitrogens is 1. The van der Waals surface area contributed by atoms with Crippen molar-refractivity contribution < 1.29 is 22.9 Å². The largest absolute Gasteiger partial charge is 0.322 e. The fraction of sp³-hybridized carbons (Fsp3) is 0.364. The van der Waals surface area contributed by atoms with Gasteiger partial charge in [-0.15, -0.1) is 0 Å². The zero-order valence-electron chi connectivity index (χ0n) is 17.2. The summed E-state index contributed by atoms with van der Waals surface area (Å²) in [5.74, 6) is -0.374. The molecular weight excluding hydrogens is 402 g/mol. The van der Waals surface area contributed by atoms with Gasteiger partial charge >= 0.3 is 0 Å². The van der Waals surface area contributed by atoms with Gasteiger partial charge in [0.15, 0.2) is 6.04 Å². The van der Waals surface area contributed by atoms with Gasteiger partial charge in [0.05, 0.1) is 43.2 Å². The minimum Gasteiger partial charge on any atom is -0.322 e. The zero-order valence-corrected chi connectivity index (χ0v) is 18.0. The third kappa shape index (κ3) is 3.55. The van der Waals surface area contributed by atoms with Crippen molar-refractivity contribution in [2.24, 2.45) is 0 Å². The first-order chi connectivity index (χ1) is 14.3. The van der Waals surface area contributed by atoms with E-state index in [4.69, 9.17) is 0 Å². The monoisotopic (exact) mass is 428 g/mol. The van der Waals surface area contributed by atoms with Crippen molar-refractivity contribution in [3.8, 4) is 0 Å². The molecule has 2 saturated heterocycles. The van der Waals surface area contributed by atoms with E-state index in [1.54, 1.807) is 30.3 Å². The van der Waals surface area contributed by atoms with Crippen LogP contribution in [0.25, 0.3) is 0 Å². The highest BCUT2D eigenvalue weighted by Crippen LogP contribution is 2.29. The first kappa shape index (κ1) is 20.7. The highest BCUT2D eigenvalue weighted by Gasteiger charge is 2.47. The molecule has 2 fully saturated rings. The summed E-state index contributed by atoms with van der Waals surface area (Å²) in [4.78, 5) is 28.5. The zero-order chi connectivity index (χ0) is 21.5.